The van der Waals surface area contributed by atoms with E-state index in [2.05, 4.69) is 49.2 Å². The Balaban J connectivity index is 0. The highest BCUT2D eigenvalue weighted by Gasteiger charge is 1.95. The molecule has 0 aromatic rings. The van der Waals surface area contributed by atoms with Crippen LogP contribution in [0.5, 0.6) is 0 Å². The van der Waals surface area contributed by atoms with Gasteiger partial charge in [-0.2, -0.15) is 0 Å². The van der Waals surface area contributed by atoms with Crippen molar-refractivity contribution in [3.05, 3.63) is 6.42 Å². The molecule has 0 aliphatic heterocycles. The van der Waals surface area contributed by atoms with Crippen molar-refractivity contribution < 1.29 is 0 Å². The Labute approximate surface area is 81.2 Å². The van der Waals surface area contributed by atoms with Crippen LogP contribution in [0.4, 0.5) is 0 Å². The van der Waals surface area contributed by atoms with Gasteiger partial charge < -0.3 is 0 Å². The molecule has 1 aliphatic rings. The molecule has 0 spiro atoms. The van der Waals surface area contributed by atoms with Gasteiger partial charge in [0.2, 0.25) is 0 Å². The Kier molecular flexibility index (Phi) is 22.5. The number of hydrogen-bond acceptors (Lipinski definition) is 0. The predicted octanol–water partition coefficient (Wildman–Crippen LogP) is 4.39. The van der Waals surface area contributed by atoms with E-state index >= 15 is 0 Å². The van der Waals surface area contributed by atoms with Crippen LogP contribution in [0.15, 0.2) is 0 Å². The van der Waals surface area contributed by atoms with Crippen LogP contribution in [0, 0.1) is 6.42 Å². The van der Waals surface area contributed by atoms with Gasteiger partial charge in [0.05, 0.1) is 19.8 Å². The van der Waals surface area contributed by atoms with E-state index in [0.29, 0.717) is 0 Å². The lowest BCUT2D eigenvalue weighted by molar-refractivity contribution is 0.504. The van der Waals surface area contributed by atoms with Crippen molar-refractivity contribution in [3.63, 3.8) is 0 Å². The fourth-order valence-electron chi connectivity index (χ4n) is 0.250. The number of rotatable bonds is 1. The van der Waals surface area contributed by atoms with Gasteiger partial charge in [0, 0.05) is 0 Å². The van der Waals surface area contributed by atoms with Crippen LogP contribution in [0.2, 0.25) is 0 Å². The first-order valence-corrected chi connectivity index (χ1v) is 8.08. The molecule has 2 heteroatoms. The van der Waals surface area contributed by atoms with Crippen LogP contribution in [-0.4, -0.2) is 0 Å². The fourth-order valence-corrected chi connectivity index (χ4v) is 0.250. The molecule has 1 aliphatic carbocycles. The summed E-state index contributed by atoms with van der Waals surface area (Å²) in [6.07, 6.45) is 9.32. The van der Waals surface area contributed by atoms with Crippen molar-refractivity contribution in [1.29, 1.82) is 0 Å². The molecule has 1 atom stereocenters. The molecule has 0 aromatic carbocycles. The van der Waals surface area contributed by atoms with Gasteiger partial charge in [0.15, 0.2) is 0 Å². The zero-order valence-corrected chi connectivity index (χ0v) is 10.4. The third kappa shape index (κ3) is 16.0. The van der Waals surface area contributed by atoms with Gasteiger partial charge in [0.25, 0.3) is 0 Å². The lowest BCUT2D eigenvalue weighted by atomic mass is 10.0. The van der Waals surface area contributed by atoms with Crippen LogP contribution in [0.3, 0.4) is 0 Å². The van der Waals surface area contributed by atoms with Gasteiger partial charge in [-0.3, -0.25) is 0 Å². The second kappa shape index (κ2) is 16.5. The Morgan fingerprint density at radius 3 is 1.40 bits per heavy atom. The third-order valence-electron chi connectivity index (χ3n) is 1.41. The zero-order valence-electron chi connectivity index (χ0n) is 7.07. The van der Waals surface area contributed by atoms with Crippen LogP contribution in [-0.2, 0) is 0 Å². The summed E-state index contributed by atoms with van der Waals surface area (Å²) in [7, 11) is 0. The summed E-state index contributed by atoms with van der Waals surface area (Å²) in [5.74, 6) is 0. The molecule has 1 saturated carbocycles. The Bertz CT molecular complexity index is 30.2. The maximum Gasteiger partial charge on any atom is 0.0844 e. The SMILES string of the molecule is C1CCC1.C[CH+]CC.PI. The minimum atomic E-state index is 1.19. The molecule has 1 unspecified atom stereocenters. The Hall–Kier alpha value is 1.03. The zero-order chi connectivity index (χ0) is 8.24. The summed E-state index contributed by atoms with van der Waals surface area (Å²) in [5, 5.41) is 0. The molecule has 62 valence electrons. The molecule has 0 saturated heterocycles. The molecule has 0 N–H and O–H groups in total. The normalized spacial score (nSPS) is 12.8. The van der Waals surface area contributed by atoms with Crippen LogP contribution in [0.25, 0.3) is 0 Å². The van der Waals surface area contributed by atoms with Crippen LogP contribution >= 0.6 is 28.9 Å². The summed E-state index contributed by atoms with van der Waals surface area (Å²) in [6, 6.07) is 0. The van der Waals surface area contributed by atoms with Gasteiger partial charge in [0.1, 0.15) is 0 Å². The first-order chi connectivity index (χ1) is 4.91. The molecule has 0 heterocycles. The number of hydrogen-bond donors (Lipinski definition) is 0. The third-order valence-corrected chi connectivity index (χ3v) is 1.41. The van der Waals surface area contributed by atoms with Crippen LogP contribution in [0.1, 0.15) is 46.0 Å². The fraction of sp³-hybridized carbons (Fsp3) is 0.875. The van der Waals surface area contributed by atoms with Crippen molar-refractivity contribution in [2.24, 2.45) is 0 Å². The highest BCUT2D eigenvalue weighted by Crippen LogP contribution is 2.15. The molecule has 0 radical (unpaired) electrons. The maximum atomic E-state index is 2.39. The predicted molar refractivity (Wildman–Crippen MR) is 62.5 cm³/mol. The first-order valence-electron chi connectivity index (χ1n) is 3.91. The van der Waals surface area contributed by atoms with Gasteiger partial charge in [-0.15, -0.1) is 0 Å². The molecule has 10 heavy (non-hydrogen) atoms. The summed E-state index contributed by atoms with van der Waals surface area (Å²) in [4.78, 5) is 0. The van der Waals surface area contributed by atoms with Gasteiger partial charge in [-0.1, -0.05) is 54.6 Å². The minimum absolute atomic E-state index is 1.19. The molecule has 0 bridgehead atoms. The lowest BCUT2D eigenvalue weighted by Gasteiger charge is -2.05. The summed E-state index contributed by atoms with van der Waals surface area (Å²) < 4.78 is 0. The highest BCUT2D eigenvalue weighted by atomic mass is 127. The van der Waals surface area contributed by atoms with Gasteiger partial charge in [-0.25, -0.2) is 0 Å². The van der Waals surface area contributed by atoms with Gasteiger partial charge in [-0.05, 0) is 6.92 Å². The van der Waals surface area contributed by atoms with Crippen molar-refractivity contribution >= 4 is 28.9 Å². The molecular weight excluding hydrogens is 254 g/mol. The smallest absolute Gasteiger partial charge is 0.0702 e. The second-order valence-electron chi connectivity index (χ2n) is 2.23. The average Bonchev–Trinajstić information content (AvgIpc) is 1.89. The van der Waals surface area contributed by atoms with E-state index < -0.39 is 0 Å². The average molecular weight is 273 g/mol. The first kappa shape index (κ1) is 13.6. The second-order valence-corrected chi connectivity index (χ2v) is 2.23. The van der Waals surface area contributed by atoms with E-state index in [4.69, 9.17) is 0 Å². The monoisotopic (exact) mass is 273 g/mol. The van der Waals surface area contributed by atoms with Crippen LogP contribution < -0.4 is 0 Å². The molecule has 1 rings (SSSR count). The molecular formula is C8H19IP+. The minimum Gasteiger partial charge on any atom is -0.0702 e. The molecule has 0 nitrogen and oxygen atoms in total. The van der Waals surface area contributed by atoms with E-state index in [1.165, 1.54) is 32.1 Å². The van der Waals surface area contributed by atoms with Crippen molar-refractivity contribution in [3.8, 4) is 0 Å². The van der Waals surface area contributed by atoms with Crippen molar-refractivity contribution in [1.82, 2.24) is 0 Å². The van der Waals surface area contributed by atoms with Gasteiger partial charge >= 0.3 is 0 Å². The summed E-state index contributed by atoms with van der Waals surface area (Å²) >= 11 is 2.07. The number of unbranched alkanes of at least 4 members (excludes halogenated alkanes) is 1. The Morgan fingerprint density at radius 1 is 1.20 bits per heavy atom. The van der Waals surface area contributed by atoms with E-state index in [-0.39, 0.29) is 0 Å². The molecule has 1 fully saturated rings. The largest absolute Gasteiger partial charge is 0.0844 e. The van der Waals surface area contributed by atoms with Crippen molar-refractivity contribution in [2.75, 3.05) is 0 Å². The standard InChI is InChI=1S/C4H8.C4H9.H2IP/c1-2-4-3-1;1-3-4-2;1-2/h1-4H2;3H,4H2,1-2H3;2H2/q;+1;. The van der Waals surface area contributed by atoms with E-state index in [1.807, 2.05) is 0 Å². The maximum absolute atomic E-state index is 2.39. The summed E-state index contributed by atoms with van der Waals surface area (Å²) in [6.45, 7) is 6.57. The quantitative estimate of drug-likeness (QED) is 0.377. The van der Waals surface area contributed by atoms with Crippen molar-refractivity contribution in [2.45, 2.75) is 46.0 Å². The van der Waals surface area contributed by atoms with E-state index in [1.54, 1.807) is 0 Å². The molecule has 0 aromatic heterocycles. The Morgan fingerprint density at radius 2 is 1.40 bits per heavy atom. The molecule has 0 amide bonds. The van der Waals surface area contributed by atoms with E-state index in [0.717, 1.165) is 0 Å². The highest BCUT2D eigenvalue weighted by molar-refractivity contribution is 14.2. The summed E-state index contributed by atoms with van der Waals surface area (Å²) in [5.41, 5.74) is 0. The number of halogens is 1. The topological polar surface area (TPSA) is 0 Å². The van der Waals surface area contributed by atoms with E-state index in [9.17, 15) is 0 Å². The lowest BCUT2D eigenvalue weighted by Crippen LogP contribution is -1.85.